The fourth-order valence-electron chi connectivity index (χ4n) is 6.38. The zero-order valence-corrected chi connectivity index (χ0v) is 20.5. The van der Waals surface area contributed by atoms with Gasteiger partial charge in [-0.3, -0.25) is 4.79 Å². The molecule has 2 saturated carbocycles. The molecule has 4 rings (SSSR count). The summed E-state index contributed by atoms with van der Waals surface area (Å²) < 4.78 is 0. The highest BCUT2D eigenvalue weighted by Gasteiger charge is 2.45. The first-order valence-electron chi connectivity index (χ1n) is 13.2. The summed E-state index contributed by atoms with van der Waals surface area (Å²) in [6, 6.07) is 20.8. The molecule has 2 atom stereocenters. The van der Waals surface area contributed by atoms with Crippen LogP contribution in [0.15, 0.2) is 48.5 Å². The number of hydrogen-bond acceptors (Lipinski definition) is 2. The third-order valence-corrected chi connectivity index (χ3v) is 8.49. The summed E-state index contributed by atoms with van der Waals surface area (Å²) in [7, 11) is 0. The van der Waals surface area contributed by atoms with Crippen LogP contribution in [0.3, 0.4) is 0 Å². The molecule has 2 nitrogen and oxygen atoms in total. The highest BCUT2D eigenvalue weighted by Crippen LogP contribution is 2.51. The van der Waals surface area contributed by atoms with Gasteiger partial charge in [-0.2, -0.15) is 5.26 Å². The van der Waals surface area contributed by atoms with Crippen molar-refractivity contribution in [3.05, 3.63) is 59.7 Å². The van der Waals surface area contributed by atoms with Gasteiger partial charge < -0.3 is 0 Å². The van der Waals surface area contributed by atoms with Gasteiger partial charge in [0, 0.05) is 12.3 Å². The van der Waals surface area contributed by atoms with Crippen LogP contribution >= 0.6 is 0 Å². The maximum absolute atomic E-state index is 12.7. The molecule has 0 N–H and O–H groups in total. The minimum atomic E-state index is -0.288. The van der Waals surface area contributed by atoms with Crippen LogP contribution in [-0.2, 0) is 11.2 Å². The SMILES string of the molecule is CCCc1ccc(-c2ccc([C@H]3CC[C@@](C#N)([C@@H]4CC[C@@H](CCC)C(=O)C4)CC3)cc2)cc1. The van der Waals surface area contributed by atoms with Gasteiger partial charge in [-0.1, -0.05) is 75.2 Å². The number of hydrogen-bond donors (Lipinski definition) is 0. The van der Waals surface area contributed by atoms with Gasteiger partial charge in [0.25, 0.3) is 0 Å². The van der Waals surface area contributed by atoms with E-state index in [0.29, 0.717) is 18.1 Å². The Morgan fingerprint density at radius 1 is 0.879 bits per heavy atom. The highest BCUT2D eigenvalue weighted by molar-refractivity contribution is 5.82. The van der Waals surface area contributed by atoms with Gasteiger partial charge >= 0.3 is 0 Å². The van der Waals surface area contributed by atoms with Crippen LogP contribution in [0, 0.1) is 28.6 Å². The van der Waals surface area contributed by atoms with Gasteiger partial charge in [-0.15, -0.1) is 0 Å². The first kappa shape index (κ1) is 23.7. The van der Waals surface area contributed by atoms with E-state index in [-0.39, 0.29) is 17.3 Å². The second kappa shape index (κ2) is 10.7. The molecule has 2 aliphatic rings. The Balaban J connectivity index is 1.38. The molecule has 0 radical (unpaired) electrons. The van der Waals surface area contributed by atoms with E-state index in [4.69, 9.17) is 0 Å². The van der Waals surface area contributed by atoms with Gasteiger partial charge in [-0.05, 0) is 85.5 Å². The molecular formula is C31H39NO. The number of nitrogens with zero attached hydrogens (tertiary/aromatic N) is 1. The van der Waals surface area contributed by atoms with Crippen LogP contribution in [0.4, 0.5) is 0 Å². The Morgan fingerprint density at radius 2 is 1.52 bits per heavy atom. The Hall–Kier alpha value is -2.40. The number of Topliss-reactive ketones (excluding diaryl/α,β-unsaturated/α-hetero) is 1. The van der Waals surface area contributed by atoms with Gasteiger partial charge in [0.05, 0.1) is 11.5 Å². The number of aryl methyl sites for hydroxylation is 1. The van der Waals surface area contributed by atoms with Crippen molar-refractivity contribution in [1.82, 2.24) is 0 Å². The van der Waals surface area contributed by atoms with Crippen LogP contribution in [0.1, 0.15) is 95.1 Å². The fourth-order valence-corrected chi connectivity index (χ4v) is 6.38. The molecule has 0 unspecified atom stereocenters. The Labute approximate surface area is 200 Å². The molecule has 2 aliphatic carbocycles. The van der Waals surface area contributed by atoms with Crippen LogP contribution in [0.5, 0.6) is 0 Å². The standard InChI is InChI=1S/C31H39NO/c1-3-5-23-7-9-24(10-8-23)25-11-13-26(14-12-25)27-17-19-31(22-32,20-18-27)29-16-15-28(6-4-2)30(33)21-29/h7-14,27-29H,3-6,15-21H2,1-2H3/t27-,28-,29-,31+/m1/s1. The molecule has 2 fully saturated rings. The second-order valence-electron chi connectivity index (χ2n) is 10.5. The Kier molecular flexibility index (Phi) is 7.69. The van der Waals surface area contributed by atoms with Gasteiger partial charge in [0.2, 0.25) is 0 Å². The zero-order chi connectivity index (χ0) is 23.3. The summed E-state index contributed by atoms with van der Waals surface area (Å²) in [5.74, 6) is 1.46. The summed E-state index contributed by atoms with van der Waals surface area (Å²) in [6.45, 7) is 4.38. The molecule has 0 bridgehead atoms. The lowest BCUT2D eigenvalue weighted by Gasteiger charge is -2.43. The fraction of sp³-hybridized carbons (Fsp3) is 0.548. The van der Waals surface area contributed by atoms with E-state index in [0.717, 1.165) is 57.8 Å². The van der Waals surface area contributed by atoms with Gasteiger partial charge in [0.1, 0.15) is 5.78 Å². The number of nitriles is 1. The van der Waals surface area contributed by atoms with E-state index < -0.39 is 0 Å². The smallest absolute Gasteiger partial charge is 0.136 e. The maximum atomic E-state index is 12.7. The highest BCUT2D eigenvalue weighted by atomic mass is 16.1. The second-order valence-corrected chi connectivity index (χ2v) is 10.5. The minimum Gasteiger partial charge on any atom is -0.299 e. The van der Waals surface area contributed by atoms with Crippen LogP contribution in [-0.4, -0.2) is 5.78 Å². The normalized spacial score (nSPS) is 27.8. The summed E-state index contributed by atoms with van der Waals surface area (Å²) in [5, 5.41) is 10.2. The van der Waals surface area contributed by atoms with E-state index in [1.165, 1.54) is 28.7 Å². The molecule has 0 spiro atoms. The predicted octanol–water partition coefficient (Wildman–Crippen LogP) is 8.26. The van der Waals surface area contributed by atoms with Crippen LogP contribution in [0.2, 0.25) is 0 Å². The monoisotopic (exact) mass is 441 g/mol. The average Bonchev–Trinajstić information content (AvgIpc) is 2.86. The molecule has 2 heteroatoms. The van der Waals surface area contributed by atoms with Gasteiger partial charge in [-0.25, -0.2) is 0 Å². The van der Waals surface area contributed by atoms with Crippen molar-refractivity contribution >= 4 is 5.78 Å². The molecular weight excluding hydrogens is 402 g/mol. The Bertz CT molecular complexity index is 957. The lowest BCUT2D eigenvalue weighted by molar-refractivity contribution is -0.128. The quantitative estimate of drug-likeness (QED) is 0.434. The third-order valence-electron chi connectivity index (χ3n) is 8.49. The Morgan fingerprint density at radius 3 is 2.06 bits per heavy atom. The van der Waals surface area contributed by atoms with Crippen molar-refractivity contribution in [1.29, 1.82) is 5.26 Å². The van der Waals surface area contributed by atoms with Crippen LogP contribution in [0.25, 0.3) is 11.1 Å². The number of benzene rings is 2. The molecule has 0 saturated heterocycles. The molecule has 2 aromatic carbocycles. The van der Waals surface area contributed by atoms with Crippen molar-refractivity contribution in [2.45, 2.75) is 90.4 Å². The van der Waals surface area contributed by atoms with E-state index in [1.54, 1.807) is 0 Å². The van der Waals surface area contributed by atoms with Crippen LogP contribution < -0.4 is 0 Å². The molecule has 0 heterocycles. The largest absolute Gasteiger partial charge is 0.299 e. The molecule has 174 valence electrons. The summed E-state index contributed by atoms with van der Waals surface area (Å²) in [5.41, 5.74) is 5.06. The molecule has 0 amide bonds. The van der Waals surface area contributed by atoms with E-state index in [1.807, 2.05) is 0 Å². The number of carbonyl (C=O) groups excluding carboxylic acids is 1. The molecule has 33 heavy (non-hydrogen) atoms. The summed E-state index contributed by atoms with van der Waals surface area (Å²) in [4.78, 5) is 12.7. The number of ketones is 1. The molecule has 0 aromatic heterocycles. The van der Waals surface area contributed by atoms with Crippen molar-refractivity contribution in [3.63, 3.8) is 0 Å². The first-order valence-corrected chi connectivity index (χ1v) is 13.2. The summed E-state index contributed by atoms with van der Waals surface area (Å²) in [6.07, 6.45) is 11.1. The zero-order valence-electron chi connectivity index (χ0n) is 20.5. The lowest BCUT2D eigenvalue weighted by atomic mass is 9.59. The van der Waals surface area contributed by atoms with Crippen molar-refractivity contribution in [3.8, 4) is 17.2 Å². The van der Waals surface area contributed by atoms with E-state index in [2.05, 4.69) is 68.4 Å². The van der Waals surface area contributed by atoms with Gasteiger partial charge in [0.15, 0.2) is 0 Å². The summed E-state index contributed by atoms with van der Waals surface area (Å²) >= 11 is 0. The van der Waals surface area contributed by atoms with E-state index in [9.17, 15) is 10.1 Å². The van der Waals surface area contributed by atoms with Crippen molar-refractivity contribution in [2.24, 2.45) is 17.3 Å². The van der Waals surface area contributed by atoms with E-state index >= 15 is 0 Å². The maximum Gasteiger partial charge on any atom is 0.136 e. The molecule has 0 aliphatic heterocycles. The average molecular weight is 442 g/mol. The number of carbonyl (C=O) groups is 1. The lowest BCUT2D eigenvalue weighted by Crippen LogP contribution is -2.38. The topological polar surface area (TPSA) is 40.9 Å². The first-order chi connectivity index (χ1) is 16.1. The molecule has 2 aromatic rings. The van der Waals surface area contributed by atoms with Crippen molar-refractivity contribution in [2.75, 3.05) is 0 Å². The third kappa shape index (κ3) is 5.24. The minimum absolute atomic E-state index is 0.250. The number of rotatable bonds is 7. The predicted molar refractivity (Wildman–Crippen MR) is 136 cm³/mol. The van der Waals surface area contributed by atoms with Crippen molar-refractivity contribution < 1.29 is 4.79 Å².